The average molecular weight is 517 g/mol. The lowest BCUT2D eigenvalue weighted by molar-refractivity contribution is -0.134. The second-order valence-electron chi connectivity index (χ2n) is 8.32. The Kier molecular flexibility index (Phi) is 9.92. The van der Waals surface area contributed by atoms with E-state index in [1.165, 1.54) is 0 Å². The van der Waals surface area contributed by atoms with Crippen LogP contribution in [0.15, 0.2) is 60.7 Å². The van der Waals surface area contributed by atoms with Gasteiger partial charge in [-0.2, -0.15) is 0 Å². The summed E-state index contributed by atoms with van der Waals surface area (Å²) < 4.78 is 11.5. The lowest BCUT2D eigenvalue weighted by Gasteiger charge is -2.17. The summed E-state index contributed by atoms with van der Waals surface area (Å²) in [5.41, 5.74) is 7.29. The minimum atomic E-state index is -0.297. The highest BCUT2D eigenvalue weighted by molar-refractivity contribution is 5.99. The van der Waals surface area contributed by atoms with Gasteiger partial charge in [-0.05, 0) is 60.0 Å². The molecule has 4 N–H and O–H groups in total. The number of hydrogen-bond acceptors (Lipinski definition) is 5. The Morgan fingerprint density at radius 2 is 1.69 bits per heavy atom. The molecule has 0 amide bonds. The molecule has 1 atom stereocenters. The summed E-state index contributed by atoms with van der Waals surface area (Å²) in [5.74, 6) is 1.52. The van der Waals surface area contributed by atoms with Crippen LogP contribution in [0.1, 0.15) is 30.9 Å². The van der Waals surface area contributed by atoms with E-state index in [4.69, 9.17) is 26.0 Å². The molecule has 3 aromatic carbocycles. The number of fused-ring (bicyclic) bond motifs is 1. The van der Waals surface area contributed by atoms with Crippen LogP contribution in [0.2, 0.25) is 0 Å². The average Bonchev–Trinajstić information content (AvgIpc) is 3.27. The van der Waals surface area contributed by atoms with Gasteiger partial charge in [-0.3, -0.25) is 15.6 Å². The number of ether oxygens (including phenoxy) is 2. The standard InChI is InChI=1S/C26H28N4O3.2ClH/c1-17(27)30-13-12-24(16-30)32-22-7-9-23(10-8-22)33-25(31)11-3-18-2-4-19-5-6-20(26(28)29)15-21(19)14-18;;/h2,4-10,14-15,24,27H,3,11-13,16H2,1H3,(H3,28,29);2*1H/t24-;;/m0../s1. The third kappa shape index (κ3) is 7.34. The molecule has 0 bridgehead atoms. The number of nitrogens with one attached hydrogen (secondary N) is 2. The van der Waals surface area contributed by atoms with E-state index >= 15 is 0 Å². The molecule has 0 aromatic heterocycles. The van der Waals surface area contributed by atoms with Crippen LogP contribution in [-0.4, -0.2) is 41.7 Å². The molecule has 7 nitrogen and oxygen atoms in total. The van der Waals surface area contributed by atoms with Crippen molar-refractivity contribution >= 4 is 53.2 Å². The molecule has 1 fully saturated rings. The van der Waals surface area contributed by atoms with Gasteiger partial charge in [0, 0.05) is 24.9 Å². The maximum Gasteiger partial charge on any atom is 0.311 e. The van der Waals surface area contributed by atoms with Gasteiger partial charge in [0.25, 0.3) is 0 Å². The van der Waals surface area contributed by atoms with Gasteiger partial charge >= 0.3 is 5.97 Å². The summed E-state index contributed by atoms with van der Waals surface area (Å²) in [6.07, 6.45) is 1.77. The van der Waals surface area contributed by atoms with Crippen molar-refractivity contribution in [2.24, 2.45) is 5.73 Å². The number of nitrogens with two attached hydrogens (primary N) is 1. The number of halogens is 2. The van der Waals surface area contributed by atoms with Crippen molar-refractivity contribution in [2.75, 3.05) is 13.1 Å². The fourth-order valence-corrected chi connectivity index (χ4v) is 3.96. The number of carbonyl (C=O) groups excluding carboxylic acids is 1. The molecule has 4 rings (SSSR count). The zero-order valence-corrected chi connectivity index (χ0v) is 21.1. The van der Waals surface area contributed by atoms with Gasteiger partial charge in [0.1, 0.15) is 23.4 Å². The maximum absolute atomic E-state index is 12.3. The Bertz CT molecular complexity index is 1200. The summed E-state index contributed by atoms with van der Waals surface area (Å²) in [6.45, 7) is 3.34. The topological polar surface area (TPSA) is 112 Å². The van der Waals surface area contributed by atoms with Crippen LogP contribution in [0.4, 0.5) is 0 Å². The Balaban J connectivity index is 0.00000216. The van der Waals surface area contributed by atoms with Crippen LogP contribution >= 0.6 is 24.8 Å². The van der Waals surface area contributed by atoms with Crippen LogP contribution in [-0.2, 0) is 11.2 Å². The molecule has 1 aliphatic heterocycles. The van der Waals surface area contributed by atoms with Crippen molar-refractivity contribution in [3.63, 3.8) is 0 Å². The van der Waals surface area contributed by atoms with Crippen LogP contribution in [0.25, 0.3) is 10.8 Å². The van der Waals surface area contributed by atoms with Crippen molar-refractivity contribution in [1.29, 1.82) is 10.8 Å². The number of nitrogens with zero attached hydrogens (tertiary/aromatic N) is 1. The highest BCUT2D eigenvalue weighted by atomic mass is 35.5. The predicted octanol–water partition coefficient (Wildman–Crippen LogP) is 4.96. The van der Waals surface area contributed by atoms with E-state index in [-0.39, 0.29) is 49.1 Å². The molecule has 0 saturated carbocycles. The molecule has 1 aliphatic rings. The van der Waals surface area contributed by atoms with E-state index in [0.717, 1.165) is 41.6 Å². The lowest BCUT2D eigenvalue weighted by atomic mass is 10.0. The molecule has 0 radical (unpaired) electrons. The van der Waals surface area contributed by atoms with Crippen molar-refractivity contribution in [3.05, 3.63) is 71.8 Å². The first kappa shape index (κ1) is 28.0. The van der Waals surface area contributed by atoms with E-state index in [2.05, 4.69) is 0 Å². The predicted molar refractivity (Wildman–Crippen MR) is 144 cm³/mol. The zero-order chi connectivity index (χ0) is 23.4. The van der Waals surface area contributed by atoms with Gasteiger partial charge in [-0.1, -0.05) is 30.3 Å². The van der Waals surface area contributed by atoms with Gasteiger partial charge in [0.2, 0.25) is 0 Å². The molecule has 3 aromatic rings. The summed E-state index contributed by atoms with van der Waals surface area (Å²) in [4.78, 5) is 14.3. The smallest absolute Gasteiger partial charge is 0.311 e. The molecular formula is C26H30Cl2N4O3. The minimum absolute atomic E-state index is 0. The van der Waals surface area contributed by atoms with Crippen LogP contribution in [0, 0.1) is 10.8 Å². The van der Waals surface area contributed by atoms with E-state index in [9.17, 15) is 4.79 Å². The van der Waals surface area contributed by atoms with Gasteiger partial charge in [0.15, 0.2) is 0 Å². The summed E-state index contributed by atoms with van der Waals surface area (Å²) in [6, 6.07) is 18.8. The minimum Gasteiger partial charge on any atom is -0.489 e. The number of likely N-dealkylation sites (tertiary alicyclic amines) is 1. The number of aryl methyl sites for hydroxylation is 1. The number of amidine groups is 2. The third-order valence-corrected chi connectivity index (χ3v) is 5.81. The molecule has 35 heavy (non-hydrogen) atoms. The maximum atomic E-state index is 12.3. The van der Waals surface area contributed by atoms with Crippen LogP contribution < -0.4 is 15.2 Å². The van der Waals surface area contributed by atoms with E-state index < -0.39 is 0 Å². The fraction of sp³-hybridized carbons (Fsp3) is 0.269. The Labute approximate surface area is 217 Å². The Hall–Kier alpha value is -3.29. The summed E-state index contributed by atoms with van der Waals surface area (Å²) >= 11 is 0. The van der Waals surface area contributed by atoms with Crippen LogP contribution in [0.5, 0.6) is 11.5 Å². The van der Waals surface area contributed by atoms with Crippen molar-refractivity contribution in [3.8, 4) is 11.5 Å². The molecule has 9 heteroatoms. The van der Waals surface area contributed by atoms with Crippen molar-refractivity contribution < 1.29 is 14.3 Å². The van der Waals surface area contributed by atoms with Crippen molar-refractivity contribution in [2.45, 2.75) is 32.3 Å². The third-order valence-electron chi connectivity index (χ3n) is 5.81. The first-order valence-corrected chi connectivity index (χ1v) is 11.0. The van der Waals surface area contributed by atoms with Gasteiger partial charge in [0.05, 0.1) is 12.4 Å². The highest BCUT2D eigenvalue weighted by Crippen LogP contribution is 2.23. The molecule has 1 saturated heterocycles. The monoisotopic (exact) mass is 516 g/mol. The van der Waals surface area contributed by atoms with Gasteiger partial charge in [-0.25, -0.2) is 0 Å². The van der Waals surface area contributed by atoms with E-state index in [1.807, 2.05) is 41.3 Å². The van der Waals surface area contributed by atoms with Gasteiger partial charge < -0.3 is 20.1 Å². The summed E-state index contributed by atoms with van der Waals surface area (Å²) in [7, 11) is 0. The summed E-state index contributed by atoms with van der Waals surface area (Å²) in [5, 5.41) is 17.4. The van der Waals surface area contributed by atoms with Crippen LogP contribution in [0.3, 0.4) is 0 Å². The molecule has 0 aliphatic carbocycles. The first-order valence-electron chi connectivity index (χ1n) is 11.0. The van der Waals surface area contributed by atoms with E-state index in [1.54, 1.807) is 31.2 Å². The Morgan fingerprint density at radius 1 is 1.00 bits per heavy atom. The molecule has 0 unspecified atom stereocenters. The van der Waals surface area contributed by atoms with Gasteiger partial charge in [-0.15, -0.1) is 24.8 Å². The second-order valence-corrected chi connectivity index (χ2v) is 8.32. The number of carbonyl (C=O) groups is 1. The van der Waals surface area contributed by atoms with Crippen molar-refractivity contribution in [1.82, 2.24) is 4.90 Å². The second kappa shape index (κ2) is 12.4. The number of nitrogen functional groups attached to an aromatic ring is 1. The molecule has 0 spiro atoms. The highest BCUT2D eigenvalue weighted by Gasteiger charge is 2.24. The number of benzene rings is 3. The number of esters is 1. The molecule has 186 valence electrons. The fourth-order valence-electron chi connectivity index (χ4n) is 3.96. The Morgan fingerprint density at radius 3 is 2.34 bits per heavy atom. The molecule has 1 heterocycles. The number of hydrogen-bond donors (Lipinski definition) is 3. The first-order chi connectivity index (χ1) is 15.9. The van der Waals surface area contributed by atoms with E-state index in [0.29, 0.717) is 23.6 Å². The normalized spacial score (nSPS) is 14.5. The SMILES string of the molecule is CC(=N)N1CC[C@H](Oc2ccc(OC(=O)CCc3ccc4ccc(C(=N)N)cc4c3)cc2)C1.Cl.Cl. The lowest BCUT2D eigenvalue weighted by Crippen LogP contribution is -2.28. The quantitative estimate of drug-likeness (QED) is 0.178. The molecular weight excluding hydrogens is 487 g/mol. The zero-order valence-electron chi connectivity index (χ0n) is 19.5. The number of rotatable bonds is 7. The largest absolute Gasteiger partial charge is 0.489 e.